The van der Waals surface area contributed by atoms with Crippen LogP contribution in [0.5, 0.6) is 0 Å². The van der Waals surface area contributed by atoms with E-state index in [0.717, 1.165) is 22.7 Å². The molecule has 1 atom stereocenters. The molecule has 0 amide bonds. The molecule has 0 saturated carbocycles. The fourth-order valence-electron chi connectivity index (χ4n) is 2.00. The molecule has 0 radical (unpaired) electrons. The lowest BCUT2D eigenvalue weighted by Gasteiger charge is -2.08. The summed E-state index contributed by atoms with van der Waals surface area (Å²) in [6.45, 7) is 6.42. The number of nitrogens with zero attached hydrogens (tertiary/aromatic N) is 1. The fraction of sp³-hybridized carbons (Fsp3) is 0.400. The summed E-state index contributed by atoms with van der Waals surface area (Å²) >= 11 is 1.70. The van der Waals surface area contributed by atoms with Crippen LogP contribution in [0.15, 0.2) is 24.3 Å². The Morgan fingerprint density at radius 3 is 2.44 bits per heavy atom. The predicted octanol–water partition coefficient (Wildman–Crippen LogP) is 3.91. The van der Waals surface area contributed by atoms with Crippen molar-refractivity contribution < 1.29 is 5.11 Å². The van der Waals surface area contributed by atoms with Gasteiger partial charge in [-0.15, -0.1) is 11.3 Å². The molecule has 0 aliphatic carbocycles. The molecular weight excluding hydrogens is 242 g/mol. The van der Waals surface area contributed by atoms with Gasteiger partial charge in [-0.1, -0.05) is 36.8 Å². The van der Waals surface area contributed by atoms with Crippen LogP contribution < -0.4 is 0 Å². The molecule has 1 aromatic carbocycles. The van der Waals surface area contributed by atoms with Crippen molar-refractivity contribution in [1.82, 2.24) is 4.98 Å². The highest BCUT2D eigenvalue weighted by atomic mass is 32.1. The third-order valence-corrected chi connectivity index (χ3v) is 4.58. The summed E-state index contributed by atoms with van der Waals surface area (Å²) in [6.07, 6.45) is 0.951. The third-order valence-electron chi connectivity index (χ3n) is 3.21. The molecule has 0 aliphatic rings. The van der Waals surface area contributed by atoms with Crippen molar-refractivity contribution in [2.24, 2.45) is 0 Å². The number of thiazole rings is 1. The Morgan fingerprint density at radius 2 is 1.89 bits per heavy atom. The molecule has 2 rings (SSSR count). The molecule has 0 saturated heterocycles. The summed E-state index contributed by atoms with van der Waals surface area (Å²) in [5.41, 5.74) is 3.47. The Bertz CT molecular complexity index is 512. The maximum absolute atomic E-state index is 9.40. The second-order valence-electron chi connectivity index (χ2n) is 4.62. The van der Waals surface area contributed by atoms with Crippen LogP contribution in [0, 0.1) is 13.8 Å². The zero-order valence-corrected chi connectivity index (χ0v) is 11.9. The first-order chi connectivity index (χ1) is 8.65. The summed E-state index contributed by atoms with van der Waals surface area (Å²) in [5, 5.41) is 10.4. The molecule has 0 spiro atoms. The first kappa shape index (κ1) is 13.2. The normalized spacial score (nSPS) is 12.7. The standard InChI is InChI=1S/C15H19NOS/c1-4-12(9-17)14-11(3)16-15(18-14)13-7-5-10(2)6-8-13/h5-8,12,17H,4,9H2,1-3H3. The number of hydrogen-bond acceptors (Lipinski definition) is 3. The van der Waals surface area contributed by atoms with E-state index in [4.69, 9.17) is 0 Å². The van der Waals surface area contributed by atoms with Gasteiger partial charge in [0.1, 0.15) is 5.01 Å². The maximum Gasteiger partial charge on any atom is 0.123 e. The van der Waals surface area contributed by atoms with Crippen LogP contribution in [-0.4, -0.2) is 16.7 Å². The average Bonchev–Trinajstić information content (AvgIpc) is 2.74. The largest absolute Gasteiger partial charge is 0.396 e. The van der Waals surface area contributed by atoms with Gasteiger partial charge in [-0.3, -0.25) is 0 Å². The zero-order chi connectivity index (χ0) is 13.1. The Kier molecular flexibility index (Phi) is 4.15. The van der Waals surface area contributed by atoms with Crippen LogP contribution in [0.4, 0.5) is 0 Å². The lowest BCUT2D eigenvalue weighted by Crippen LogP contribution is -2.01. The van der Waals surface area contributed by atoms with Gasteiger partial charge in [0.05, 0.1) is 12.3 Å². The number of benzene rings is 1. The number of aromatic nitrogens is 1. The van der Waals surface area contributed by atoms with Crippen LogP contribution in [0.1, 0.15) is 35.4 Å². The highest BCUT2D eigenvalue weighted by molar-refractivity contribution is 7.15. The quantitative estimate of drug-likeness (QED) is 0.905. The minimum absolute atomic E-state index is 0.201. The molecule has 0 aliphatic heterocycles. The summed E-state index contributed by atoms with van der Waals surface area (Å²) < 4.78 is 0. The van der Waals surface area contributed by atoms with Crippen molar-refractivity contribution in [1.29, 1.82) is 0 Å². The van der Waals surface area contributed by atoms with Crippen molar-refractivity contribution >= 4 is 11.3 Å². The summed E-state index contributed by atoms with van der Waals surface area (Å²) in [4.78, 5) is 5.85. The van der Waals surface area contributed by atoms with Gasteiger partial charge in [0.2, 0.25) is 0 Å². The van der Waals surface area contributed by atoms with E-state index in [-0.39, 0.29) is 12.5 Å². The van der Waals surface area contributed by atoms with Gasteiger partial charge in [-0.25, -0.2) is 4.98 Å². The van der Waals surface area contributed by atoms with Gasteiger partial charge in [-0.05, 0) is 20.3 Å². The Hall–Kier alpha value is -1.19. The van der Waals surface area contributed by atoms with Crippen LogP contribution >= 0.6 is 11.3 Å². The molecule has 0 fully saturated rings. The van der Waals surface area contributed by atoms with Crippen LogP contribution in [0.25, 0.3) is 10.6 Å². The summed E-state index contributed by atoms with van der Waals surface area (Å²) in [7, 11) is 0. The molecule has 18 heavy (non-hydrogen) atoms. The van der Waals surface area contributed by atoms with Gasteiger partial charge in [0, 0.05) is 16.4 Å². The number of aliphatic hydroxyl groups excluding tert-OH is 1. The van der Waals surface area contributed by atoms with Crippen molar-refractivity contribution in [2.45, 2.75) is 33.1 Å². The average molecular weight is 261 g/mol. The number of aryl methyl sites for hydroxylation is 2. The van der Waals surface area contributed by atoms with Crippen molar-refractivity contribution in [3.63, 3.8) is 0 Å². The van der Waals surface area contributed by atoms with Crippen molar-refractivity contribution in [2.75, 3.05) is 6.61 Å². The number of aliphatic hydroxyl groups is 1. The minimum Gasteiger partial charge on any atom is -0.396 e. The molecule has 1 N–H and O–H groups in total. The smallest absolute Gasteiger partial charge is 0.123 e. The third kappa shape index (κ3) is 2.62. The fourth-order valence-corrected chi connectivity index (χ4v) is 3.25. The Labute approximate surface area is 112 Å². The Morgan fingerprint density at radius 1 is 1.22 bits per heavy atom. The first-order valence-electron chi connectivity index (χ1n) is 6.31. The molecule has 1 aromatic heterocycles. The molecule has 1 heterocycles. The molecular formula is C15H19NOS. The monoisotopic (exact) mass is 261 g/mol. The highest BCUT2D eigenvalue weighted by Gasteiger charge is 2.16. The SMILES string of the molecule is CCC(CO)c1sc(-c2ccc(C)cc2)nc1C. The summed E-state index contributed by atoms with van der Waals surface area (Å²) in [5.74, 6) is 0.224. The van der Waals surface area contributed by atoms with E-state index < -0.39 is 0 Å². The molecule has 96 valence electrons. The summed E-state index contributed by atoms with van der Waals surface area (Å²) in [6, 6.07) is 8.43. The van der Waals surface area contributed by atoms with Gasteiger partial charge >= 0.3 is 0 Å². The van der Waals surface area contributed by atoms with Crippen LogP contribution in [0.3, 0.4) is 0 Å². The minimum atomic E-state index is 0.201. The highest BCUT2D eigenvalue weighted by Crippen LogP contribution is 2.33. The van der Waals surface area contributed by atoms with Crippen LogP contribution in [0.2, 0.25) is 0 Å². The molecule has 2 nitrogen and oxygen atoms in total. The van der Waals surface area contributed by atoms with Gasteiger partial charge in [-0.2, -0.15) is 0 Å². The van der Waals surface area contributed by atoms with Gasteiger partial charge in [0.15, 0.2) is 0 Å². The van der Waals surface area contributed by atoms with Crippen LogP contribution in [-0.2, 0) is 0 Å². The first-order valence-corrected chi connectivity index (χ1v) is 7.12. The van der Waals surface area contributed by atoms with E-state index in [0.29, 0.717) is 0 Å². The van der Waals surface area contributed by atoms with E-state index in [1.807, 2.05) is 6.92 Å². The van der Waals surface area contributed by atoms with Crippen molar-refractivity contribution in [3.05, 3.63) is 40.4 Å². The van der Waals surface area contributed by atoms with E-state index in [1.54, 1.807) is 11.3 Å². The van der Waals surface area contributed by atoms with Gasteiger partial charge in [0.25, 0.3) is 0 Å². The lowest BCUT2D eigenvalue weighted by molar-refractivity contribution is 0.263. The molecule has 2 aromatic rings. The van der Waals surface area contributed by atoms with Gasteiger partial charge < -0.3 is 5.11 Å². The molecule has 3 heteroatoms. The number of hydrogen-bond donors (Lipinski definition) is 1. The molecule has 0 bridgehead atoms. The Balaban J connectivity index is 2.36. The van der Waals surface area contributed by atoms with E-state index in [9.17, 15) is 5.11 Å². The molecule has 1 unspecified atom stereocenters. The lowest BCUT2D eigenvalue weighted by atomic mass is 10.1. The predicted molar refractivity (Wildman–Crippen MR) is 77.1 cm³/mol. The second-order valence-corrected chi connectivity index (χ2v) is 5.65. The second kappa shape index (κ2) is 5.63. The van der Waals surface area contributed by atoms with E-state index in [2.05, 4.69) is 43.1 Å². The number of rotatable bonds is 4. The van der Waals surface area contributed by atoms with Crippen molar-refractivity contribution in [3.8, 4) is 10.6 Å². The van der Waals surface area contributed by atoms with E-state index in [1.165, 1.54) is 10.4 Å². The van der Waals surface area contributed by atoms with E-state index >= 15 is 0 Å². The topological polar surface area (TPSA) is 33.1 Å². The zero-order valence-electron chi connectivity index (χ0n) is 11.1. The maximum atomic E-state index is 9.40.